The molecule has 31 heavy (non-hydrogen) atoms. The largest absolute Gasteiger partial charge is 0.393 e. The molecule has 0 radical (unpaired) electrons. The second-order valence-electron chi connectivity index (χ2n) is 8.35. The van der Waals surface area contributed by atoms with Crippen molar-refractivity contribution in [3.8, 4) is 0 Å². The molecule has 0 aliphatic carbocycles. The minimum absolute atomic E-state index is 0.0740. The number of carbonyl (C=O) groups excluding carboxylic acids is 1. The molecule has 9 heteroatoms. The van der Waals surface area contributed by atoms with Gasteiger partial charge in [0.05, 0.1) is 17.3 Å². The molecule has 2 fully saturated rings. The number of anilines is 2. The van der Waals surface area contributed by atoms with E-state index in [0.717, 1.165) is 74.0 Å². The molecule has 0 bridgehead atoms. The lowest BCUT2D eigenvalue weighted by Gasteiger charge is -2.29. The van der Waals surface area contributed by atoms with Crippen molar-refractivity contribution in [3.05, 3.63) is 41.3 Å². The number of nitrogens with zero attached hydrogens (tertiary/aromatic N) is 5. The van der Waals surface area contributed by atoms with Crippen LogP contribution in [0.4, 0.5) is 10.9 Å². The van der Waals surface area contributed by atoms with Crippen LogP contribution in [0.1, 0.15) is 42.4 Å². The minimum Gasteiger partial charge on any atom is -0.393 e. The van der Waals surface area contributed by atoms with E-state index in [1.165, 1.54) is 11.3 Å². The lowest BCUT2D eigenvalue weighted by atomic mass is 10.1. The molecule has 1 amide bonds. The zero-order chi connectivity index (χ0) is 21.4. The maximum Gasteiger partial charge on any atom is 0.271 e. The predicted octanol–water partition coefficient (Wildman–Crippen LogP) is 2.32. The number of rotatable bonds is 5. The molecule has 0 aromatic carbocycles. The second-order valence-corrected chi connectivity index (χ2v) is 9.19. The van der Waals surface area contributed by atoms with Crippen LogP contribution in [-0.4, -0.2) is 63.7 Å². The van der Waals surface area contributed by atoms with E-state index in [9.17, 15) is 9.90 Å². The average molecular weight is 441 g/mol. The van der Waals surface area contributed by atoms with Crippen LogP contribution < -0.4 is 15.1 Å². The van der Waals surface area contributed by atoms with Crippen molar-refractivity contribution in [3.63, 3.8) is 0 Å². The van der Waals surface area contributed by atoms with Crippen molar-refractivity contribution in [2.24, 2.45) is 0 Å². The molecule has 2 saturated heterocycles. The van der Waals surface area contributed by atoms with Gasteiger partial charge in [-0.05, 0) is 37.8 Å². The fourth-order valence-corrected chi connectivity index (χ4v) is 5.24. The average Bonchev–Trinajstić information content (AvgIpc) is 3.54. The van der Waals surface area contributed by atoms with Crippen LogP contribution in [0.15, 0.2) is 29.9 Å². The molecule has 1 unspecified atom stereocenters. The van der Waals surface area contributed by atoms with Gasteiger partial charge in [-0.1, -0.05) is 6.92 Å². The van der Waals surface area contributed by atoms with Gasteiger partial charge in [0.25, 0.3) is 5.91 Å². The Morgan fingerprint density at radius 1 is 1.23 bits per heavy atom. The summed E-state index contributed by atoms with van der Waals surface area (Å²) in [6.07, 6.45) is 7.19. The number of aliphatic hydroxyl groups excluding tert-OH is 1. The first kappa shape index (κ1) is 20.3. The molecule has 5 heterocycles. The van der Waals surface area contributed by atoms with E-state index in [1.54, 1.807) is 0 Å². The van der Waals surface area contributed by atoms with E-state index in [-0.39, 0.29) is 18.1 Å². The van der Waals surface area contributed by atoms with Crippen LogP contribution in [0.25, 0.3) is 5.52 Å². The third-order valence-electron chi connectivity index (χ3n) is 6.19. The summed E-state index contributed by atoms with van der Waals surface area (Å²) in [6.45, 7) is 5.29. The van der Waals surface area contributed by atoms with Crippen LogP contribution in [-0.2, 0) is 6.42 Å². The van der Waals surface area contributed by atoms with Crippen molar-refractivity contribution >= 4 is 33.7 Å². The Kier molecular flexibility index (Phi) is 5.54. The summed E-state index contributed by atoms with van der Waals surface area (Å²) in [4.78, 5) is 26.6. The molecule has 2 aliphatic rings. The van der Waals surface area contributed by atoms with Crippen LogP contribution in [0, 0.1) is 0 Å². The van der Waals surface area contributed by atoms with Gasteiger partial charge in [-0.2, -0.15) is 0 Å². The topological polar surface area (TPSA) is 86.0 Å². The predicted molar refractivity (Wildman–Crippen MR) is 122 cm³/mol. The quantitative estimate of drug-likeness (QED) is 0.633. The van der Waals surface area contributed by atoms with Gasteiger partial charge in [0.2, 0.25) is 0 Å². The molecule has 3 aromatic heterocycles. The Balaban J connectivity index is 1.24. The third kappa shape index (κ3) is 4.12. The van der Waals surface area contributed by atoms with Gasteiger partial charge in [-0.15, -0.1) is 11.3 Å². The Morgan fingerprint density at radius 2 is 2.03 bits per heavy atom. The Morgan fingerprint density at radius 3 is 2.84 bits per heavy atom. The zero-order valence-corrected chi connectivity index (χ0v) is 18.5. The first-order chi connectivity index (χ1) is 15.1. The molecule has 2 aliphatic heterocycles. The number of hydrogen-bond acceptors (Lipinski definition) is 7. The summed E-state index contributed by atoms with van der Waals surface area (Å²) >= 11 is 1.50. The second kappa shape index (κ2) is 8.47. The lowest BCUT2D eigenvalue weighted by Crippen LogP contribution is -2.38. The van der Waals surface area contributed by atoms with Crippen LogP contribution in [0.5, 0.6) is 0 Å². The maximum absolute atomic E-state index is 12.8. The number of aliphatic hydroxyl groups is 1. The van der Waals surface area contributed by atoms with Crippen molar-refractivity contribution in [2.75, 3.05) is 36.0 Å². The molecule has 2 N–H and O–H groups in total. The first-order valence-electron chi connectivity index (χ1n) is 11.0. The van der Waals surface area contributed by atoms with Gasteiger partial charge < -0.3 is 24.6 Å². The summed E-state index contributed by atoms with van der Waals surface area (Å²) in [6, 6.07) is 4.20. The molecular formula is C22H28N6O2S. The fraction of sp³-hybridized carbons (Fsp3) is 0.500. The number of aryl methyl sites for hydroxylation is 1. The number of piperidine rings is 1. The summed E-state index contributed by atoms with van der Waals surface area (Å²) in [5.41, 5.74) is 2.64. The van der Waals surface area contributed by atoms with E-state index in [1.807, 2.05) is 11.4 Å². The summed E-state index contributed by atoms with van der Waals surface area (Å²) in [5.74, 6) is 0.874. The molecule has 0 saturated carbocycles. The number of carbonyl (C=O) groups is 1. The number of hydrogen-bond donors (Lipinski definition) is 2. The molecular weight excluding hydrogens is 412 g/mol. The Bertz CT molecular complexity index is 1070. The molecule has 0 spiro atoms. The minimum atomic E-state index is -0.218. The van der Waals surface area contributed by atoms with Crippen molar-refractivity contribution < 1.29 is 9.90 Å². The first-order valence-corrected chi connectivity index (χ1v) is 11.9. The SMILES string of the molecule is CCc1cn2cccc2c(N2CCC(NC(=O)c3csc(N4CCC(O)CC4)n3)C2)n1. The summed E-state index contributed by atoms with van der Waals surface area (Å²) in [7, 11) is 0. The fourth-order valence-electron chi connectivity index (χ4n) is 4.38. The highest BCUT2D eigenvalue weighted by molar-refractivity contribution is 7.13. The Hall–Kier alpha value is -2.65. The highest BCUT2D eigenvalue weighted by Gasteiger charge is 2.28. The number of nitrogens with one attached hydrogen (secondary N) is 1. The monoisotopic (exact) mass is 440 g/mol. The van der Waals surface area contributed by atoms with Crippen LogP contribution >= 0.6 is 11.3 Å². The van der Waals surface area contributed by atoms with Crippen LogP contribution in [0.2, 0.25) is 0 Å². The van der Waals surface area contributed by atoms with E-state index >= 15 is 0 Å². The van der Waals surface area contributed by atoms with Crippen molar-refractivity contribution in [1.29, 1.82) is 0 Å². The Labute approximate surface area is 185 Å². The number of thiazole rings is 1. The van der Waals surface area contributed by atoms with Gasteiger partial charge in [0.1, 0.15) is 5.69 Å². The number of amides is 1. The molecule has 3 aromatic rings. The van der Waals surface area contributed by atoms with E-state index in [0.29, 0.717) is 5.69 Å². The smallest absolute Gasteiger partial charge is 0.271 e. The summed E-state index contributed by atoms with van der Waals surface area (Å²) < 4.78 is 2.13. The molecule has 5 rings (SSSR count). The highest BCUT2D eigenvalue weighted by atomic mass is 32.1. The van der Waals surface area contributed by atoms with E-state index in [2.05, 4.69) is 49.9 Å². The highest BCUT2D eigenvalue weighted by Crippen LogP contribution is 2.26. The van der Waals surface area contributed by atoms with Gasteiger partial charge >= 0.3 is 0 Å². The normalized spacial score (nSPS) is 20.0. The number of fused-ring (bicyclic) bond motifs is 1. The van der Waals surface area contributed by atoms with Gasteiger partial charge in [0, 0.05) is 50.0 Å². The zero-order valence-electron chi connectivity index (χ0n) is 17.7. The lowest BCUT2D eigenvalue weighted by molar-refractivity contribution is 0.0936. The summed E-state index contributed by atoms with van der Waals surface area (Å²) in [5, 5.41) is 15.5. The van der Waals surface area contributed by atoms with Gasteiger partial charge in [-0.3, -0.25) is 4.79 Å². The molecule has 164 valence electrons. The van der Waals surface area contributed by atoms with Gasteiger partial charge in [-0.25, -0.2) is 9.97 Å². The van der Waals surface area contributed by atoms with Crippen LogP contribution in [0.3, 0.4) is 0 Å². The van der Waals surface area contributed by atoms with Gasteiger partial charge in [0.15, 0.2) is 10.9 Å². The third-order valence-corrected chi connectivity index (χ3v) is 7.09. The van der Waals surface area contributed by atoms with Crippen molar-refractivity contribution in [2.45, 2.75) is 44.8 Å². The van der Waals surface area contributed by atoms with E-state index < -0.39 is 0 Å². The van der Waals surface area contributed by atoms with Crippen molar-refractivity contribution in [1.82, 2.24) is 19.7 Å². The van der Waals surface area contributed by atoms with E-state index in [4.69, 9.17) is 4.98 Å². The standard InChI is InChI=1S/C22H28N6O2S/c1-2-15-12-27-8-3-4-19(27)20(23-15)28-9-5-16(13-28)24-21(30)18-14-31-22(25-18)26-10-6-17(29)7-11-26/h3-4,8,12,14,16-17,29H,2,5-7,9-11,13H2,1H3,(H,24,30). The molecule has 8 nitrogen and oxygen atoms in total. The number of aromatic nitrogens is 3. The maximum atomic E-state index is 12.8. The molecule has 1 atom stereocenters.